The Bertz CT molecular complexity index is 1120. The molecule has 0 unspecified atom stereocenters. The first kappa shape index (κ1) is 21.4. The molecular formula is C21H25N5O4. The van der Waals surface area contributed by atoms with E-state index in [9.17, 15) is 14.4 Å². The average molecular weight is 411 g/mol. The molecule has 158 valence electrons. The van der Waals surface area contributed by atoms with Gasteiger partial charge in [-0.3, -0.25) is 28.5 Å². The van der Waals surface area contributed by atoms with Gasteiger partial charge in [-0.1, -0.05) is 0 Å². The van der Waals surface area contributed by atoms with Crippen molar-refractivity contribution in [3.63, 3.8) is 0 Å². The Morgan fingerprint density at radius 1 is 1.10 bits per heavy atom. The second-order valence-corrected chi connectivity index (χ2v) is 7.11. The SMILES string of the molecule is CC(C)OCCCNC(=O)Cn1c(=O)c(=O)n(Cc2ccncc2)c2ncccc21. The van der Waals surface area contributed by atoms with Crippen molar-refractivity contribution in [1.82, 2.24) is 24.4 Å². The summed E-state index contributed by atoms with van der Waals surface area (Å²) in [5.41, 5.74) is 0.100. The van der Waals surface area contributed by atoms with Gasteiger partial charge in [0.15, 0.2) is 5.65 Å². The van der Waals surface area contributed by atoms with Gasteiger partial charge in [-0.2, -0.15) is 0 Å². The molecule has 0 aliphatic rings. The number of hydrogen-bond donors (Lipinski definition) is 1. The first-order valence-electron chi connectivity index (χ1n) is 9.83. The molecule has 0 aromatic carbocycles. The molecule has 9 heteroatoms. The lowest BCUT2D eigenvalue weighted by Gasteiger charge is -2.14. The van der Waals surface area contributed by atoms with Crippen molar-refractivity contribution in [2.45, 2.75) is 39.5 Å². The number of fused-ring (bicyclic) bond motifs is 1. The number of amides is 1. The number of carbonyl (C=O) groups excluding carboxylic acids is 1. The molecule has 0 aliphatic carbocycles. The highest BCUT2D eigenvalue weighted by Crippen LogP contribution is 2.09. The molecule has 1 N–H and O–H groups in total. The number of carbonyl (C=O) groups is 1. The first-order valence-corrected chi connectivity index (χ1v) is 9.83. The Labute approximate surface area is 173 Å². The molecule has 0 radical (unpaired) electrons. The molecule has 0 fully saturated rings. The van der Waals surface area contributed by atoms with Crippen LogP contribution in [0.25, 0.3) is 11.2 Å². The van der Waals surface area contributed by atoms with E-state index < -0.39 is 11.1 Å². The Morgan fingerprint density at radius 3 is 2.57 bits per heavy atom. The summed E-state index contributed by atoms with van der Waals surface area (Å²) >= 11 is 0. The van der Waals surface area contributed by atoms with Crippen LogP contribution in [0.3, 0.4) is 0 Å². The van der Waals surface area contributed by atoms with Gasteiger partial charge in [-0.05, 0) is 50.1 Å². The van der Waals surface area contributed by atoms with Gasteiger partial charge in [0, 0.05) is 31.7 Å². The van der Waals surface area contributed by atoms with Crippen LogP contribution in [0.1, 0.15) is 25.8 Å². The van der Waals surface area contributed by atoms with Crippen LogP contribution >= 0.6 is 0 Å². The van der Waals surface area contributed by atoms with Gasteiger partial charge >= 0.3 is 11.1 Å². The fourth-order valence-corrected chi connectivity index (χ4v) is 3.04. The van der Waals surface area contributed by atoms with Gasteiger partial charge in [0.05, 0.1) is 18.2 Å². The van der Waals surface area contributed by atoms with E-state index in [-0.39, 0.29) is 25.1 Å². The summed E-state index contributed by atoms with van der Waals surface area (Å²) in [6.07, 6.45) is 5.58. The molecular weight excluding hydrogens is 386 g/mol. The van der Waals surface area contributed by atoms with Gasteiger partial charge in [-0.25, -0.2) is 4.98 Å². The Hall–Kier alpha value is -3.33. The van der Waals surface area contributed by atoms with E-state index in [0.717, 1.165) is 5.56 Å². The lowest BCUT2D eigenvalue weighted by molar-refractivity contribution is -0.121. The largest absolute Gasteiger partial charge is 0.379 e. The van der Waals surface area contributed by atoms with E-state index in [4.69, 9.17) is 4.74 Å². The summed E-state index contributed by atoms with van der Waals surface area (Å²) < 4.78 is 7.93. The third kappa shape index (κ3) is 5.18. The van der Waals surface area contributed by atoms with Crippen molar-refractivity contribution in [2.75, 3.05) is 13.2 Å². The average Bonchev–Trinajstić information content (AvgIpc) is 2.74. The molecule has 0 saturated heterocycles. The number of ether oxygens (including phenoxy) is 1. The number of pyridine rings is 2. The fraction of sp³-hybridized carbons (Fsp3) is 0.381. The fourth-order valence-electron chi connectivity index (χ4n) is 3.04. The van der Waals surface area contributed by atoms with Gasteiger partial charge in [0.25, 0.3) is 0 Å². The number of nitrogens with zero attached hydrogens (tertiary/aromatic N) is 4. The van der Waals surface area contributed by atoms with Crippen LogP contribution in [-0.4, -0.2) is 44.3 Å². The van der Waals surface area contributed by atoms with E-state index in [1.807, 2.05) is 13.8 Å². The van der Waals surface area contributed by atoms with Crippen molar-refractivity contribution in [3.05, 3.63) is 69.1 Å². The zero-order valence-electron chi connectivity index (χ0n) is 17.1. The van der Waals surface area contributed by atoms with Gasteiger partial charge < -0.3 is 10.1 Å². The maximum absolute atomic E-state index is 12.8. The molecule has 1 amide bonds. The zero-order chi connectivity index (χ0) is 21.5. The molecule has 3 heterocycles. The summed E-state index contributed by atoms with van der Waals surface area (Å²) in [5.74, 6) is -0.349. The maximum Gasteiger partial charge on any atom is 0.318 e. The predicted molar refractivity (Wildman–Crippen MR) is 112 cm³/mol. The Kier molecular flexibility index (Phi) is 7.08. The van der Waals surface area contributed by atoms with E-state index in [0.29, 0.717) is 30.7 Å². The van der Waals surface area contributed by atoms with E-state index in [1.165, 1.54) is 9.13 Å². The molecule has 0 atom stereocenters. The Morgan fingerprint density at radius 2 is 1.83 bits per heavy atom. The molecule has 0 spiro atoms. The lowest BCUT2D eigenvalue weighted by Crippen LogP contribution is -2.44. The van der Waals surface area contributed by atoms with Crippen molar-refractivity contribution in [1.29, 1.82) is 0 Å². The monoisotopic (exact) mass is 411 g/mol. The maximum atomic E-state index is 12.8. The van der Waals surface area contributed by atoms with Crippen LogP contribution in [0.5, 0.6) is 0 Å². The number of rotatable bonds is 9. The third-order valence-corrected chi connectivity index (χ3v) is 4.47. The van der Waals surface area contributed by atoms with Crippen LogP contribution in [0.4, 0.5) is 0 Å². The van der Waals surface area contributed by atoms with Crippen molar-refractivity contribution < 1.29 is 9.53 Å². The van der Waals surface area contributed by atoms with Gasteiger partial charge in [0.2, 0.25) is 5.91 Å². The van der Waals surface area contributed by atoms with Crippen molar-refractivity contribution in [2.24, 2.45) is 0 Å². The minimum atomic E-state index is -0.761. The number of nitrogens with one attached hydrogen (secondary N) is 1. The molecule has 0 aliphatic heterocycles. The minimum Gasteiger partial charge on any atom is -0.379 e. The van der Waals surface area contributed by atoms with E-state index in [2.05, 4.69) is 15.3 Å². The van der Waals surface area contributed by atoms with Crippen molar-refractivity contribution >= 4 is 17.1 Å². The van der Waals surface area contributed by atoms with Crippen LogP contribution in [-0.2, 0) is 22.6 Å². The number of hydrogen-bond acceptors (Lipinski definition) is 6. The van der Waals surface area contributed by atoms with Crippen LogP contribution < -0.4 is 16.4 Å². The molecule has 0 bridgehead atoms. The molecule has 3 aromatic rings. The summed E-state index contributed by atoms with van der Waals surface area (Å²) in [5, 5.41) is 2.76. The second-order valence-electron chi connectivity index (χ2n) is 7.11. The molecule has 0 saturated carbocycles. The number of aromatic nitrogens is 4. The summed E-state index contributed by atoms with van der Waals surface area (Å²) in [6.45, 7) is 4.79. The normalized spacial score (nSPS) is 11.2. The molecule has 3 rings (SSSR count). The Balaban J connectivity index is 1.83. The lowest BCUT2D eigenvalue weighted by atomic mass is 10.2. The van der Waals surface area contributed by atoms with Crippen LogP contribution in [0, 0.1) is 0 Å². The predicted octanol–water partition coefficient (Wildman–Crippen LogP) is 0.933. The first-order chi connectivity index (χ1) is 14.5. The van der Waals surface area contributed by atoms with E-state index in [1.54, 1.807) is 42.9 Å². The summed E-state index contributed by atoms with van der Waals surface area (Å²) in [4.78, 5) is 46.1. The standard InChI is InChI=1S/C21H25N5O4/c1-15(2)30-12-4-9-23-18(27)14-25-17-5-3-8-24-19(17)26(21(29)20(25)28)13-16-6-10-22-11-7-16/h3,5-8,10-11,15H,4,9,12-14H2,1-2H3,(H,23,27). The molecule has 3 aromatic heterocycles. The highest BCUT2D eigenvalue weighted by Gasteiger charge is 2.16. The quantitative estimate of drug-likeness (QED) is 0.415. The molecule has 9 nitrogen and oxygen atoms in total. The van der Waals surface area contributed by atoms with Crippen LogP contribution in [0.2, 0.25) is 0 Å². The molecule has 30 heavy (non-hydrogen) atoms. The highest BCUT2D eigenvalue weighted by molar-refractivity contribution is 5.78. The van der Waals surface area contributed by atoms with E-state index >= 15 is 0 Å². The van der Waals surface area contributed by atoms with Crippen LogP contribution in [0.15, 0.2) is 52.4 Å². The van der Waals surface area contributed by atoms with Gasteiger partial charge in [-0.15, -0.1) is 0 Å². The topological polar surface area (TPSA) is 108 Å². The second kappa shape index (κ2) is 9.93. The van der Waals surface area contributed by atoms with Gasteiger partial charge in [0.1, 0.15) is 6.54 Å². The third-order valence-electron chi connectivity index (χ3n) is 4.47. The minimum absolute atomic E-state index is 0.136. The van der Waals surface area contributed by atoms with Crippen molar-refractivity contribution in [3.8, 4) is 0 Å². The summed E-state index contributed by atoms with van der Waals surface area (Å²) in [7, 11) is 0. The summed E-state index contributed by atoms with van der Waals surface area (Å²) in [6, 6.07) is 6.88. The highest BCUT2D eigenvalue weighted by atomic mass is 16.5. The smallest absolute Gasteiger partial charge is 0.318 e. The zero-order valence-corrected chi connectivity index (χ0v) is 17.1.